The topological polar surface area (TPSA) is 86.8 Å². The lowest BCUT2D eigenvalue weighted by Crippen LogP contribution is -2.44. The number of amides is 2. The number of carbonyl (C=O) groups excluding carboxylic acids is 2. The summed E-state index contributed by atoms with van der Waals surface area (Å²) in [5, 5.41) is 3.21. The standard InChI is InChI=1S/C19H24ClN3O4S/c20-15-11-14(19(25)23-7-9-28(26,27)10-8-23)17(22-5-1-2-6-22)12-16(15)21-18(24)13-3-4-13/h11-13H,1-10H2,(H,21,24). The molecule has 2 aliphatic heterocycles. The maximum atomic E-state index is 13.2. The third kappa shape index (κ3) is 4.12. The monoisotopic (exact) mass is 425 g/mol. The van der Waals surface area contributed by atoms with Crippen molar-refractivity contribution in [3.8, 4) is 0 Å². The zero-order chi connectivity index (χ0) is 19.9. The van der Waals surface area contributed by atoms with Crippen molar-refractivity contribution in [3.63, 3.8) is 0 Å². The van der Waals surface area contributed by atoms with Gasteiger partial charge in [0, 0.05) is 32.1 Å². The van der Waals surface area contributed by atoms with Crippen LogP contribution in [0.25, 0.3) is 0 Å². The zero-order valence-electron chi connectivity index (χ0n) is 15.6. The fraction of sp³-hybridized carbons (Fsp3) is 0.579. The van der Waals surface area contributed by atoms with E-state index in [-0.39, 0.29) is 42.3 Å². The van der Waals surface area contributed by atoms with Gasteiger partial charge in [0.25, 0.3) is 5.91 Å². The van der Waals surface area contributed by atoms with E-state index in [0.717, 1.165) is 44.5 Å². The molecule has 0 aromatic heterocycles. The lowest BCUT2D eigenvalue weighted by atomic mass is 10.1. The van der Waals surface area contributed by atoms with E-state index in [2.05, 4.69) is 10.2 Å². The van der Waals surface area contributed by atoms with E-state index in [1.165, 1.54) is 0 Å². The molecule has 1 aromatic rings. The van der Waals surface area contributed by atoms with Gasteiger partial charge in [-0.1, -0.05) is 11.6 Å². The Morgan fingerprint density at radius 3 is 2.29 bits per heavy atom. The van der Waals surface area contributed by atoms with Crippen LogP contribution in [0.15, 0.2) is 12.1 Å². The first kappa shape index (κ1) is 19.5. The minimum Gasteiger partial charge on any atom is -0.371 e. The van der Waals surface area contributed by atoms with E-state index < -0.39 is 9.84 Å². The van der Waals surface area contributed by atoms with Gasteiger partial charge in [-0.3, -0.25) is 9.59 Å². The molecule has 152 valence electrons. The largest absolute Gasteiger partial charge is 0.371 e. The van der Waals surface area contributed by atoms with E-state index in [9.17, 15) is 18.0 Å². The first-order chi connectivity index (χ1) is 13.3. The Hall–Kier alpha value is -1.80. The molecule has 3 aliphatic rings. The average molecular weight is 426 g/mol. The molecule has 1 saturated carbocycles. The summed E-state index contributed by atoms with van der Waals surface area (Å²) >= 11 is 6.41. The molecule has 2 saturated heterocycles. The number of nitrogens with one attached hydrogen (secondary N) is 1. The molecule has 2 amide bonds. The van der Waals surface area contributed by atoms with Crippen LogP contribution in [-0.2, 0) is 14.6 Å². The molecular weight excluding hydrogens is 402 g/mol. The third-order valence-corrected chi connectivity index (χ3v) is 7.52. The lowest BCUT2D eigenvalue weighted by molar-refractivity contribution is -0.117. The van der Waals surface area contributed by atoms with Gasteiger partial charge in [0.05, 0.1) is 33.5 Å². The summed E-state index contributed by atoms with van der Waals surface area (Å²) in [6.07, 6.45) is 3.89. The van der Waals surface area contributed by atoms with Crippen LogP contribution >= 0.6 is 11.6 Å². The van der Waals surface area contributed by atoms with E-state index in [4.69, 9.17) is 11.6 Å². The van der Waals surface area contributed by atoms with E-state index in [1.54, 1.807) is 17.0 Å². The van der Waals surface area contributed by atoms with E-state index in [1.807, 2.05) is 0 Å². The molecule has 0 atom stereocenters. The second-order valence-corrected chi connectivity index (χ2v) is 10.5. The summed E-state index contributed by atoms with van der Waals surface area (Å²) in [5.41, 5.74) is 1.75. The molecule has 7 nitrogen and oxygen atoms in total. The summed E-state index contributed by atoms with van der Waals surface area (Å²) in [6, 6.07) is 3.41. The minimum atomic E-state index is -3.07. The highest BCUT2D eigenvalue weighted by Crippen LogP contribution is 2.36. The van der Waals surface area contributed by atoms with Crippen LogP contribution in [0.5, 0.6) is 0 Å². The Kier molecular flexibility index (Phi) is 5.26. The molecule has 9 heteroatoms. The van der Waals surface area contributed by atoms with Crippen molar-refractivity contribution in [1.29, 1.82) is 0 Å². The van der Waals surface area contributed by atoms with Crippen molar-refractivity contribution in [1.82, 2.24) is 4.90 Å². The van der Waals surface area contributed by atoms with Crippen molar-refractivity contribution >= 4 is 44.6 Å². The van der Waals surface area contributed by atoms with Crippen LogP contribution in [0.1, 0.15) is 36.0 Å². The Morgan fingerprint density at radius 1 is 1.04 bits per heavy atom. The molecule has 1 aliphatic carbocycles. The second-order valence-electron chi connectivity index (χ2n) is 7.75. The van der Waals surface area contributed by atoms with Gasteiger partial charge < -0.3 is 15.1 Å². The van der Waals surface area contributed by atoms with Gasteiger partial charge in [-0.2, -0.15) is 0 Å². The molecule has 2 heterocycles. The zero-order valence-corrected chi connectivity index (χ0v) is 17.2. The number of halogens is 1. The van der Waals surface area contributed by atoms with Crippen LogP contribution in [0.3, 0.4) is 0 Å². The molecule has 1 N–H and O–H groups in total. The number of carbonyl (C=O) groups is 2. The molecule has 0 spiro atoms. The number of sulfone groups is 1. The van der Waals surface area contributed by atoms with Crippen molar-refractivity contribution in [2.24, 2.45) is 5.92 Å². The van der Waals surface area contributed by atoms with Gasteiger partial charge in [-0.05, 0) is 37.8 Å². The summed E-state index contributed by atoms with van der Waals surface area (Å²) in [7, 11) is -3.07. The highest BCUT2D eigenvalue weighted by molar-refractivity contribution is 7.91. The molecule has 4 rings (SSSR count). The molecular formula is C19H24ClN3O4S. The molecule has 1 aromatic carbocycles. The first-order valence-corrected chi connectivity index (χ1v) is 11.9. The predicted molar refractivity (Wildman–Crippen MR) is 109 cm³/mol. The maximum absolute atomic E-state index is 13.2. The summed E-state index contributed by atoms with van der Waals surface area (Å²) in [5.74, 6) is -0.210. The van der Waals surface area contributed by atoms with E-state index in [0.29, 0.717) is 16.3 Å². The Bertz CT molecular complexity index is 894. The average Bonchev–Trinajstić information content (AvgIpc) is 3.37. The lowest BCUT2D eigenvalue weighted by Gasteiger charge is -2.29. The fourth-order valence-electron chi connectivity index (χ4n) is 3.71. The predicted octanol–water partition coefficient (Wildman–Crippen LogP) is 2.16. The van der Waals surface area contributed by atoms with Crippen molar-refractivity contribution in [2.75, 3.05) is 47.9 Å². The minimum absolute atomic E-state index is 0.0128. The Labute approximate surface area is 169 Å². The van der Waals surface area contributed by atoms with E-state index >= 15 is 0 Å². The van der Waals surface area contributed by atoms with Crippen molar-refractivity contribution in [2.45, 2.75) is 25.7 Å². The smallest absolute Gasteiger partial charge is 0.256 e. The Morgan fingerprint density at radius 2 is 1.68 bits per heavy atom. The number of anilines is 2. The van der Waals surface area contributed by atoms with Crippen LogP contribution in [0.2, 0.25) is 5.02 Å². The highest BCUT2D eigenvalue weighted by Gasteiger charge is 2.32. The summed E-state index contributed by atoms with van der Waals surface area (Å²) < 4.78 is 23.4. The van der Waals surface area contributed by atoms with Gasteiger partial charge in [0.1, 0.15) is 0 Å². The maximum Gasteiger partial charge on any atom is 0.256 e. The summed E-state index contributed by atoms with van der Waals surface area (Å²) in [4.78, 5) is 29.0. The number of hydrogen-bond donors (Lipinski definition) is 1. The van der Waals surface area contributed by atoms with Crippen LogP contribution in [0.4, 0.5) is 11.4 Å². The fourth-order valence-corrected chi connectivity index (χ4v) is 5.13. The van der Waals surface area contributed by atoms with Crippen LogP contribution in [-0.4, -0.2) is 62.8 Å². The van der Waals surface area contributed by atoms with Crippen molar-refractivity contribution in [3.05, 3.63) is 22.7 Å². The first-order valence-electron chi connectivity index (χ1n) is 9.73. The highest BCUT2D eigenvalue weighted by atomic mass is 35.5. The molecule has 28 heavy (non-hydrogen) atoms. The van der Waals surface area contributed by atoms with Gasteiger partial charge >= 0.3 is 0 Å². The van der Waals surface area contributed by atoms with Gasteiger partial charge in [0.2, 0.25) is 5.91 Å². The third-order valence-electron chi connectivity index (χ3n) is 5.60. The quantitative estimate of drug-likeness (QED) is 0.798. The van der Waals surface area contributed by atoms with Gasteiger partial charge in [-0.15, -0.1) is 0 Å². The molecule has 0 unspecified atom stereocenters. The van der Waals surface area contributed by atoms with Gasteiger partial charge in [-0.25, -0.2) is 8.42 Å². The number of hydrogen-bond acceptors (Lipinski definition) is 5. The molecule has 0 radical (unpaired) electrons. The second kappa shape index (κ2) is 7.55. The molecule has 0 bridgehead atoms. The summed E-state index contributed by atoms with van der Waals surface area (Å²) in [6.45, 7) is 2.06. The van der Waals surface area contributed by atoms with Gasteiger partial charge in [0.15, 0.2) is 9.84 Å². The van der Waals surface area contributed by atoms with Crippen molar-refractivity contribution < 1.29 is 18.0 Å². The SMILES string of the molecule is O=C(Nc1cc(N2CCCC2)c(C(=O)N2CCS(=O)(=O)CC2)cc1Cl)C1CC1. The Balaban J connectivity index is 1.64. The normalized spacial score (nSPS) is 21.6. The molecule has 3 fully saturated rings. The number of benzene rings is 1. The van der Waals surface area contributed by atoms with Crippen LogP contribution in [0, 0.1) is 5.92 Å². The number of nitrogens with zero attached hydrogens (tertiary/aromatic N) is 2. The number of rotatable bonds is 4. The van der Waals surface area contributed by atoms with Crippen LogP contribution < -0.4 is 10.2 Å².